The first-order chi connectivity index (χ1) is 14.5. The molecule has 1 aromatic rings. The maximum atomic E-state index is 13.1. The zero-order valence-electron chi connectivity index (χ0n) is 18.2. The number of ether oxygens (including phenoxy) is 4. The molecule has 0 bridgehead atoms. The molecule has 0 spiro atoms. The van der Waals surface area contributed by atoms with Gasteiger partial charge in [0.2, 0.25) is 5.75 Å². The molecule has 1 aliphatic carbocycles. The van der Waals surface area contributed by atoms with Crippen molar-refractivity contribution in [2.45, 2.75) is 45.4 Å². The Kier molecular flexibility index (Phi) is 6.70. The number of carbonyl (C=O) groups excluding carboxylic acids is 2. The van der Waals surface area contributed by atoms with Crippen molar-refractivity contribution in [3.05, 3.63) is 40.2 Å². The van der Waals surface area contributed by atoms with E-state index in [1.54, 1.807) is 13.2 Å². The average Bonchev–Trinajstić information content (AvgIpc) is 2.75. The maximum absolute atomic E-state index is 13.1. The van der Waals surface area contributed by atoms with Crippen LogP contribution in [0, 0.1) is 0 Å². The Morgan fingerprint density at radius 3 is 2.47 bits per heavy atom. The minimum Gasteiger partial charge on any atom is -0.493 e. The van der Waals surface area contributed by atoms with Gasteiger partial charge in [0.25, 0.3) is 0 Å². The number of allylic oxidation sites excluding steroid dienone is 3. The van der Waals surface area contributed by atoms with Gasteiger partial charge in [-0.3, -0.25) is 4.79 Å². The fourth-order valence-corrected chi connectivity index (χ4v) is 4.19. The summed E-state index contributed by atoms with van der Waals surface area (Å²) in [7, 11) is 4.61. The van der Waals surface area contributed by atoms with Crippen molar-refractivity contribution in [2.75, 3.05) is 27.9 Å². The second-order valence-corrected chi connectivity index (χ2v) is 7.33. The molecule has 30 heavy (non-hydrogen) atoms. The molecule has 1 N–H and O–H groups in total. The van der Waals surface area contributed by atoms with Crippen LogP contribution in [0.1, 0.15) is 51.0 Å². The summed E-state index contributed by atoms with van der Waals surface area (Å²) in [5.41, 5.74) is 3.23. The fraction of sp³-hybridized carbons (Fsp3) is 0.478. The minimum atomic E-state index is -0.604. The Balaban J connectivity index is 2.25. The molecule has 1 aliphatic heterocycles. The highest BCUT2D eigenvalue weighted by Crippen LogP contribution is 2.49. The van der Waals surface area contributed by atoms with Gasteiger partial charge in [0.15, 0.2) is 17.3 Å². The van der Waals surface area contributed by atoms with Gasteiger partial charge in [0.05, 0.1) is 39.4 Å². The molecule has 1 atom stereocenters. The van der Waals surface area contributed by atoms with Gasteiger partial charge in [-0.05, 0) is 32.3 Å². The van der Waals surface area contributed by atoms with Crippen LogP contribution in [0.5, 0.6) is 17.2 Å². The lowest BCUT2D eigenvalue weighted by Gasteiger charge is -2.35. The third kappa shape index (κ3) is 3.76. The summed E-state index contributed by atoms with van der Waals surface area (Å²) in [6.45, 7) is 4.09. The lowest BCUT2D eigenvalue weighted by Crippen LogP contribution is -2.34. The molecular weight excluding hydrogens is 386 g/mol. The summed E-state index contributed by atoms with van der Waals surface area (Å²) in [5.74, 6) is 0.343. The molecule has 0 fully saturated rings. The molecule has 0 unspecified atom stereocenters. The number of hydrogen-bond acceptors (Lipinski definition) is 7. The number of rotatable bonds is 7. The number of carbonyl (C=O) groups is 2. The van der Waals surface area contributed by atoms with Crippen LogP contribution in [0.3, 0.4) is 0 Å². The number of ketones is 1. The smallest absolute Gasteiger partial charge is 0.336 e. The van der Waals surface area contributed by atoms with Gasteiger partial charge >= 0.3 is 5.97 Å². The SMILES string of the molecule is CCCOC(=O)C1=C(C)NC2=C(C(=O)CCC2)[C@H]1c1ccc(OC)c(OC)c1OC. The summed E-state index contributed by atoms with van der Waals surface area (Å²) >= 11 is 0. The molecule has 0 amide bonds. The van der Waals surface area contributed by atoms with Gasteiger partial charge < -0.3 is 24.3 Å². The van der Waals surface area contributed by atoms with E-state index >= 15 is 0 Å². The first-order valence-electron chi connectivity index (χ1n) is 10.2. The largest absolute Gasteiger partial charge is 0.493 e. The third-order valence-corrected chi connectivity index (χ3v) is 5.48. The normalized spacial score (nSPS) is 18.6. The molecule has 0 radical (unpaired) electrons. The van der Waals surface area contributed by atoms with Crippen LogP contribution < -0.4 is 19.5 Å². The standard InChI is InChI=1S/C23H29NO6/c1-6-12-30-23(26)18-13(2)24-15-8-7-9-16(25)20(15)19(18)14-10-11-17(27-3)22(29-5)21(14)28-4/h10-11,19,24H,6-9,12H2,1-5H3/t19-/m0/s1. The number of Topliss-reactive ketones (excluding diaryl/α,β-unsaturated/α-hetero) is 1. The highest BCUT2D eigenvalue weighted by atomic mass is 16.5. The maximum Gasteiger partial charge on any atom is 0.336 e. The predicted molar refractivity (Wildman–Crippen MR) is 112 cm³/mol. The Bertz CT molecular complexity index is 915. The molecular formula is C23H29NO6. The van der Waals surface area contributed by atoms with Crippen LogP contribution in [0.2, 0.25) is 0 Å². The van der Waals surface area contributed by atoms with E-state index in [9.17, 15) is 9.59 Å². The highest BCUT2D eigenvalue weighted by Gasteiger charge is 2.41. The van der Waals surface area contributed by atoms with E-state index in [2.05, 4.69) is 5.32 Å². The molecule has 1 heterocycles. The first-order valence-corrected chi connectivity index (χ1v) is 10.2. The summed E-state index contributed by atoms with van der Waals surface area (Å²) in [6, 6.07) is 3.58. The quantitative estimate of drug-likeness (QED) is 0.681. The van der Waals surface area contributed by atoms with Gasteiger partial charge in [0.1, 0.15) is 0 Å². The zero-order chi connectivity index (χ0) is 21.8. The van der Waals surface area contributed by atoms with Gasteiger partial charge in [-0.2, -0.15) is 0 Å². The molecule has 162 valence electrons. The molecule has 2 aliphatic rings. The highest BCUT2D eigenvalue weighted by molar-refractivity contribution is 6.04. The number of nitrogens with one attached hydrogen (secondary N) is 1. The van der Waals surface area contributed by atoms with Crippen molar-refractivity contribution in [1.82, 2.24) is 5.32 Å². The van der Waals surface area contributed by atoms with Crippen molar-refractivity contribution in [3.63, 3.8) is 0 Å². The molecule has 0 saturated carbocycles. The van der Waals surface area contributed by atoms with Gasteiger partial charge in [-0.15, -0.1) is 0 Å². The Morgan fingerprint density at radius 1 is 1.10 bits per heavy atom. The first kappa shape index (κ1) is 21.7. The van der Waals surface area contributed by atoms with Crippen molar-refractivity contribution in [2.24, 2.45) is 0 Å². The van der Waals surface area contributed by atoms with Crippen molar-refractivity contribution in [3.8, 4) is 17.2 Å². The second-order valence-electron chi connectivity index (χ2n) is 7.33. The van der Waals surface area contributed by atoms with E-state index in [0.29, 0.717) is 59.1 Å². The molecule has 3 rings (SSSR count). The van der Waals surface area contributed by atoms with E-state index in [-0.39, 0.29) is 5.78 Å². The Morgan fingerprint density at radius 2 is 1.83 bits per heavy atom. The number of esters is 1. The van der Waals surface area contributed by atoms with Crippen LogP contribution in [0.15, 0.2) is 34.7 Å². The molecule has 1 aromatic carbocycles. The summed E-state index contributed by atoms with van der Waals surface area (Å²) in [5, 5.41) is 3.29. The number of hydrogen-bond donors (Lipinski definition) is 1. The second kappa shape index (κ2) is 9.24. The Labute approximate surface area is 177 Å². The van der Waals surface area contributed by atoms with E-state index in [4.69, 9.17) is 18.9 Å². The topological polar surface area (TPSA) is 83.1 Å². The van der Waals surface area contributed by atoms with Gasteiger partial charge in [-0.25, -0.2) is 4.79 Å². The average molecular weight is 415 g/mol. The number of dihydropyridines is 1. The van der Waals surface area contributed by atoms with Gasteiger partial charge in [-0.1, -0.05) is 13.0 Å². The van der Waals surface area contributed by atoms with Crippen molar-refractivity contribution >= 4 is 11.8 Å². The van der Waals surface area contributed by atoms with Crippen LogP contribution in [-0.2, 0) is 14.3 Å². The molecule has 7 nitrogen and oxygen atoms in total. The van der Waals surface area contributed by atoms with Crippen LogP contribution in [-0.4, -0.2) is 39.7 Å². The van der Waals surface area contributed by atoms with Crippen LogP contribution in [0.25, 0.3) is 0 Å². The number of methoxy groups -OCH3 is 3. The lowest BCUT2D eigenvalue weighted by molar-refractivity contribution is -0.139. The molecule has 0 aromatic heterocycles. The summed E-state index contributed by atoms with van der Waals surface area (Å²) in [6.07, 6.45) is 2.69. The lowest BCUT2D eigenvalue weighted by atomic mass is 9.75. The molecule has 7 heteroatoms. The van der Waals surface area contributed by atoms with E-state index in [1.165, 1.54) is 14.2 Å². The number of benzene rings is 1. The van der Waals surface area contributed by atoms with E-state index in [1.807, 2.05) is 19.9 Å². The van der Waals surface area contributed by atoms with E-state index in [0.717, 1.165) is 18.5 Å². The molecule has 0 saturated heterocycles. The van der Waals surface area contributed by atoms with E-state index < -0.39 is 11.9 Å². The summed E-state index contributed by atoms with van der Waals surface area (Å²) < 4.78 is 22.1. The van der Waals surface area contributed by atoms with Crippen molar-refractivity contribution in [1.29, 1.82) is 0 Å². The summed E-state index contributed by atoms with van der Waals surface area (Å²) in [4.78, 5) is 26.1. The predicted octanol–water partition coefficient (Wildman–Crippen LogP) is 3.63. The van der Waals surface area contributed by atoms with Crippen LogP contribution >= 0.6 is 0 Å². The zero-order valence-corrected chi connectivity index (χ0v) is 18.2. The monoisotopic (exact) mass is 415 g/mol. The van der Waals surface area contributed by atoms with Crippen molar-refractivity contribution < 1.29 is 28.5 Å². The fourth-order valence-electron chi connectivity index (χ4n) is 4.19. The minimum absolute atomic E-state index is 0.0267. The third-order valence-electron chi connectivity index (χ3n) is 5.48. The van der Waals surface area contributed by atoms with Gasteiger partial charge in [0, 0.05) is 29.0 Å². The van der Waals surface area contributed by atoms with Crippen LogP contribution in [0.4, 0.5) is 0 Å². The Hall–Kier alpha value is -2.96.